The molecule has 0 fully saturated rings. The maximum atomic E-state index is 5.71. The zero-order chi connectivity index (χ0) is 16.7. The fraction of sp³-hybridized carbons (Fsp3) is 0.316. The van der Waals surface area contributed by atoms with Crippen molar-refractivity contribution in [1.29, 1.82) is 0 Å². The van der Waals surface area contributed by atoms with Crippen LogP contribution in [0.5, 0.6) is 5.75 Å². The van der Waals surface area contributed by atoms with Gasteiger partial charge in [0.15, 0.2) is 5.11 Å². The van der Waals surface area contributed by atoms with Gasteiger partial charge in [-0.1, -0.05) is 44.2 Å². The van der Waals surface area contributed by atoms with Crippen LogP contribution >= 0.6 is 12.2 Å². The average Bonchev–Trinajstić information content (AvgIpc) is 2.54. The summed E-state index contributed by atoms with van der Waals surface area (Å²) in [5.74, 6) is 1.40. The number of hydrogen-bond acceptors (Lipinski definition) is 2. The summed E-state index contributed by atoms with van der Waals surface area (Å²) < 4.78 is 5.71. The van der Waals surface area contributed by atoms with E-state index in [0.29, 0.717) is 17.6 Å². The van der Waals surface area contributed by atoms with E-state index in [1.54, 1.807) is 0 Å². The van der Waals surface area contributed by atoms with Crippen LogP contribution in [0.1, 0.15) is 32.3 Å². The Labute approximate surface area is 144 Å². The minimum absolute atomic E-state index is 0.116. The highest BCUT2D eigenvalue weighted by molar-refractivity contribution is 7.80. The van der Waals surface area contributed by atoms with Gasteiger partial charge in [0.05, 0.1) is 6.04 Å². The van der Waals surface area contributed by atoms with E-state index < -0.39 is 0 Å². The maximum Gasteiger partial charge on any atom is 0.171 e. The molecule has 2 aromatic rings. The second kappa shape index (κ2) is 8.53. The van der Waals surface area contributed by atoms with Crippen LogP contribution in [0.25, 0.3) is 0 Å². The van der Waals surface area contributed by atoms with Crippen molar-refractivity contribution in [3.8, 4) is 5.75 Å². The molecule has 0 aliphatic carbocycles. The number of thiocarbonyl (C=S) groups is 1. The first-order valence-corrected chi connectivity index (χ1v) is 8.30. The van der Waals surface area contributed by atoms with Crippen molar-refractivity contribution in [2.45, 2.75) is 32.7 Å². The van der Waals surface area contributed by atoms with Crippen LogP contribution < -0.4 is 15.4 Å². The number of para-hydroxylation sites is 1. The first-order chi connectivity index (χ1) is 11.0. The van der Waals surface area contributed by atoms with Crippen LogP contribution in [0.3, 0.4) is 0 Å². The lowest BCUT2D eigenvalue weighted by Crippen LogP contribution is -2.39. The molecule has 3 nitrogen and oxygen atoms in total. The predicted octanol–water partition coefficient (Wildman–Crippen LogP) is 4.56. The Bertz CT molecular complexity index is 611. The zero-order valence-electron chi connectivity index (χ0n) is 13.9. The molecule has 0 radical (unpaired) electrons. The van der Waals surface area contributed by atoms with E-state index in [1.807, 2.05) is 37.3 Å². The van der Waals surface area contributed by atoms with Gasteiger partial charge in [-0.15, -0.1) is 0 Å². The van der Waals surface area contributed by atoms with Crippen LogP contribution in [-0.2, 0) is 0 Å². The quantitative estimate of drug-likeness (QED) is 0.761. The monoisotopic (exact) mass is 328 g/mol. The lowest BCUT2D eigenvalue weighted by atomic mass is 10.0. The van der Waals surface area contributed by atoms with Gasteiger partial charge in [0.1, 0.15) is 12.4 Å². The Kier molecular flexibility index (Phi) is 6.41. The minimum atomic E-state index is 0.116. The van der Waals surface area contributed by atoms with Crippen LogP contribution in [0.2, 0.25) is 0 Å². The SMILES string of the molecule is CC(C)c1ccc(NC(=S)N[C@H](C)COc2ccccc2)cc1. The lowest BCUT2D eigenvalue weighted by Gasteiger charge is -2.18. The largest absolute Gasteiger partial charge is 0.491 e. The summed E-state index contributed by atoms with van der Waals surface area (Å²) in [5.41, 5.74) is 2.31. The van der Waals surface area contributed by atoms with Crippen LogP contribution in [0, 0.1) is 0 Å². The maximum absolute atomic E-state index is 5.71. The zero-order valence-corrected chi connectivity index (χ0v) is 14.7. The number of anilines is 1. The molecule has 0 aliphatic heterocycles. The van der Waals surface area contributed by atoms with Crippen molar-refractivity contribution in [2.24, 2.45) is 0 Å². The molecular formula is C19H24N2OS. The van der Waals surface area contributed by atoms with E-state index in [-0.39, 0.29) is 6.04 Å². The standard InChI is InChI=1S/C19H24N2OS/c1-14(2)16-9-11-17(12-10-16)21-19(23)20-15(3)13-22-18-7-5-4-6-8-18/h4-12,14-15H,13H2,1-3H3,(H2,20,21,23)/t15-/m1/s1. The van der Waals surface area contributed by atoms with Gasteiger partial charge in [0.2, 0.25) is 0 Å². The molecule has 0 bridgehead atoms. The van der Waals surface area contributed by atoms with Gasteiger partial charge < -0.3 is 15.4 Å². The number of hydrogen-bond donors (Lipinski definition) is 2. The highest BCUT2D eigenvalue weighted by Crippen LogP contribution is 2.17. The molecule has 0 amide bonds. The summed E-state index contributed by atoms with van der Waals surface area (Å²) in [6.45, 7) is 6.96. The van der Waals surface area contributed by atoms with Crippen LogP contribution in [0.15, 0.2) is 54.6 Å². The first-order valence-electron chi connectivity index (χ1n) is 7.90. The Balaban J connectivity index is 1.77. The highest BCUT2D eigenvalue weighted by atomic mass is 32.1. The van der Waals surface area contributed by atoms with Gasteiger partial charge in [-0.2, -0.15) is 0 Å². The molecule has 23 heavy (non-hydrogen) atoms. The summed E-state index contributed by atoms with van der Waals surface area (Å²) in [7, 11) is 0. The molecule has 0 aliphatic rings. The van der Waals surface area contributed by atoms with Gasteiger partial charge in [-0.3, -0.25) is 0 Å². The van der Waals surface area contributed by atoms with Crippen molar-refractivity contribution in [1.82, 2.24) is 5.32 Å². The highest BCUT2D eigenvalue weighted by Gasteiger charge is 2.06. The summed E-state index contributed by atoms with van der Waals surface area (Å²) in [4.78, 5) is 0. The summed E-state index contributed by atoms with van der Waals surface area (Å²) >= 11 is 5.35. The summed E-state index contributed by atoms with van der Waals surface area (Å²) in [5, 5.41) is 7.04. The summed E-state index contributed by atoms with van der Waals surface area (Å²) in [6.07, 6.45) is 0. The normalized spacial score (nSPS) is 11.8. The Morgan fingerprint density at radius 3 is 2.26 bits per heavy atom. The Morgan fingerprint density at radius 1 is 1.00 bits per heavy atom. The van der Waals surface area contributed by atoms with E-state index >= 15 is 0 Å². The second-order valence-electron chi connectivity index (χ2n) is 5.90. The molecule has 2 aromatic carbocycles. The van der Waals surface area contributed by atoms with Gasteiger partial charge in [-0.25, -0.2) is 0 Å². The molecule has 2 rings (SSSR count). The lowest BCUT2D eigenvalue weighted by molar-refractivity contribution is 0.287. The average molecular weight is 328 g/mol. The third kappa shape index (κ3) is 5.91. The molecule has 0 saturated carbocycles. The van der Waals surface area contributed by atoms with Crippen molar-refractivity contribution in [3.63, 3.8) is 0 Å². The van der Waals surface area contributed by atoms with Crippen LogP contribution in [0.4, 0.5) is 5.69 Å². The smallest absolute Gasteiger partial charge is 0.171 e. The molecule has 1 atom stereocenters. The predicted molar refractivity (Wildman–Crippen MR) is 101 cm³/mol. The topological polar surface area (TPSA) is 33.3 Å². The molecule has 0 heterocycles. The van der Waals surface area contributed by atoms with E-state index in [2.05, 4.69) is 48.7 Å². The molecule has 2 N–H and O–H groups in total. The first kappa shape index (κ1) is 17.3. The van der Waals surface area contributed by atoms with Crippen molar-refractivity contribution in [3.05, 3.63) is 60.2 Å². The van der Waals surface area contributed by atoms with Gasteiger partial charge >= 0.3 is 0 Å². The van der Waals surface area contributed by atoms with Crippen molar-refractivity contribution in [2.75, 3.05) is 11.9 Å². The number of nitrogens with one attached hydrogen (secondary N) is 2. The fourth-order valence-corrected chi connectivity index (χ4v) is 2.44. The fourth-order valence-electron chi connectivity index (χ4n) is 2.12. The van der Waals surface area contributed by atoms with Crippen LogP contribution in [-0.4, -0.2) is 17.8 Å². The van der Waals surface area contributed by atoms with Crippen molar-refractivity contribution >= 4 is 23.0 Å². The molecule has 0 aromatic heterocycles. The third-order valence-corrected chi connectivity index (χ3v) is 3.68. The van der Waals surface area contributed by atoms with Gasteiger partial charge in [0, 0.05) is 5.69 Å². The van der Waals surface area contributed by atoms with E-state index in [4.69, 9.17) is 17.0 Å². The van der Waals surface area contributed by atoms with E-state index in [1.165, 1.54) is 5.56 Å². The van der Waals surface area contributed by atoms with Gasteiger partial charge in [0.25, 0.3) is 0 Å². The minimum Gasteiger partial charge on any atom is -0.491 e. The van der Waals surface area contributed by atoms with E-state index in [9.17, 15) is 0 Å². The molecule has 0 spiro atoms. The van der Waals surface area contributed by atoms with Crippen molar-refractivity contribution < 1.29 is 4.74 Å². The second-order valence-corrected chi connectivity index (χ2v) is 6.31. The molecule has 0 saturated heterocycles. The molecular weight excluding hydrogens is 304 g/mol. The van der Waals surface area contributed by atoms with Gasteiger partial charge in [-0.05, 0) is 54.9 Å². The van der Waals surface area contributed by atoms with E-state index in [0.717, 1.165) is 11.4 Å². The Morgan fingerprint density at radius 2 is 1.65 bits per heavy atom. The number of benzene rings is 2. The Hall–Kier alpha value is -2.07. The number of ether oxygens (including phenoxy) is 1. The molecule has 0 unspecified atom stereocenters. The third-order valence-electron chi connectivity index (χ3n) is 3.46. The summed E-state index contributed by atoms with van der Waals surface area (Å²) in [6, 6.07) is 18.2. The molecule has 4 heteroatoms. The molecule has 122 valence electrons. The number of rotatable bonds is 6.